The van der Waals surface area contributed by atoms with Crippen LogP contribution in [0, 0.1) is 0 Å². The lowest BCUT2D eigenvalue weighted by atomic mass is 10.2. The van der Waals surface area contributed by atoms with Gasteiger partial charge in [0.25, 0.3) is 0 Å². The highest BCUT2D eigenvalue weighted by atomic mass is 16.5. The Bertz CT molecular complexity index is 774. The number of esters is 1. The molecule has 6 nitrogen and oxygen atoms in total. The topological polar surface area (TPSA) is 75.7 Å². The summed E-state index contributed by atoms with van der Waals surface area (Å²) in [6, 6.07) is 16.0. The molecule has 1 N–H and O–H groups in total. The maximum atomic E-state index is 12.4. The molecule has 0 bridgehead atoms. The van der Waals surface area contributed by atoms with Gasteiger partial charge in [0.05, 0.1) is 12.7 Å². The van der Waals surface area contributed by atoms with Gasteiger partial charge in [0, 0.05) is 18.8 Å². The van der Waals surface area contributed by atoms with Crippen LogP contribution in [0.25, 0.3) is 0 Å². The number of nitrogens with one attached hydrogen (secondary N) is 1. The van der Waals surface area contributed by atoms with E-state index in [1.54, 1.807) is 23.1 Å². The lowest BCUT2D eigenvalue weighted by Crippen LogP contribution is -2.33. The first-order valence-electron chi connectivity index (χ1n) is 8.33. The van der Waals surface area contributed by atoms with Crippen LogP contribution in [-0.2, 0) is 20.9 Å². The average Bonchev–Trinajstić information content (AvgIpc) is 2.66. The molecule has 0 saturated heterocycles. The van der Waals surface area contributed by atoms with Gasteiger partial charge in [0.1, 0.15) is 6.42 Å². The van der Waals surface area contributed by atoms with Crippen LogP contribution >= 0.6 is 0 Å². The van der Waals surface area contributed by atoms with Crippen molar-refractivity contribution in [1.29, 1.82) is 0 Å². The zero-order valence-corrected chi connectivity index (χ0v) is 14.9. The molecule has 0 aliphatic rings. The van der Waals surface area contributed by atoms with Gasteiger partial charge in [-0.05, 0) is 30.7 Å². The van der Waals surface area contributed by atoms with Gasteiger partial charge in [-0.25, -0.2) is 4.79 Å². The van der Waals surface area contributed by atoms with Crippen LogP contribution in [0.1, 0.15) is 29.3 Å². The summed E-state index contributed by atoms with van der Waals surface area (Å²) in [5.41, 5.74) is 1.78. The van der Waals surface area contributed by atoms with Crippen molar-refractivity contribution in [2.24, 2.45) is 0 Å². The van der Waals surface area contributed by atoms with Crippen LogP contribution in [0.3, 0.4) is 0 Å². The van der Waals surface area contributed by atoms with E-state index < -0.39 is 11.9 Å². The molecular weight excluding hydrogens is 332 g/mol. The number of methoxy groups -OCH3 is 1. The minimum Gasteiger partial charge on any atom is -0.465 e. The van der Waals surface area contributed by atoms with Crippen molar-refractivity contribution in [3.05, 3.63) is 65.7 Å². The largest absolute Gasteiger partial charge is 0.465 e. The summed E-state index contributed by atoms with van der Waals surface area (Å²) in [6.45, 7) is 2.85. The zero-order valence-electron chi connectivity index (χ0n) is 14.9. The highest BCUT2D eigenvalue weighted by Crippen LogP contribution is 2.12. The summed E-state index contributed by atoms with van der Waals surface area (Å²) in [7, 11) is 1.29. The lowest BCUT2D eigenvalue weighted by Gasteiger charge is -2.21. The van der Waals surface area contributed by atoms with Crippen LogP contribution in [0.15, 0.2) is 54.6 Å². The normalized spacial score (nSPS) is 10.1. The molecule has 2 aromatic rings. The van der Waals surface area contributed by atoms with E-state index in [9.17, 15) is 14.4 Å². The summed E-state index contributed by atoms with van der Waals surface area (Å²) in [5.74, 6) is -1.17. The second-order valence-corrected chi connectivity index (χ2v) is 5.69. The first kappa shape index (κ1) is 19.2. The van der Waals surface area contributed by atoms with Gasteiger partial charge in [0.2, 0.25) is 11.8 Å². The summed E-state index contributed by atoms with van der Waals surface area (Å²) in [6.07, 6.45) is -0.261. The molecule has 0 fully saturated rings. The summed E-state index contributed by atoms with van der Waals surface area (Å²) >= 11 is 0. The summed E-state index contributed by atoms with van der Waals surface area (Å²) < 4.78 is 4.65. The molecule has 2 amide bonds. The molecule has 0 unspecified atom stereocenters. The number of benzene rings is 2. The molecule has 26 heavy (non-hydrogen) atoms. The van der Waals surface area contributed by atoms with E-state index in [0.717, 1.165) is 5.56 Å². The highest BCUT2D eigenvalue weighted by Gasteiger charge is 2.17. The molecule has 6 heteroatoms. The first-order valence-corrected chi connectivity index (χ1v) is 8.33. The third-order valence-corrected chi connectivity index (χ3v) is 3.83. The van der Waals surface area contributed by atoms with E-state index in [4.69, 9.17) is 0 Å². The number of nitrogens with zero attached hydrogens (tertiary/aromatic N) is 1. The molecule has 0 aliphatic carbocycles. The molecular formula is C20H22N2O4. The lowest BCUT2D eigenvalue weighted by molar-refractivity contribution is -0.134. The van der Waals surface area contributed by atoms with Gasteiger partial charge in [-0.3, -0.25) is 9.59 Å². The van der Waals surface area contributed by atoms with Gasteiger partial charge in [0.15, 0.2) is 0 Å². The maximum absolute atomic E-state index is 12.4. The molecule has 2 aromatic carbocycles. The Labute approximate surface area is 152 Å². The minimum atomic E-state index is -0.489. The Hall–Kier alpha value is -3.15. The summed E-state index contributed by atoms with van der Waals surface area (Å²) in [5, 5.41) is 2.64. The SMILES string of the molecule is CCN(Cc1ccccc1)C(=O)CC(=O)Nc1cccc(C(=O)OC)c1. The number of amides is 2. The van der Waals surface area contributed by atoms with Crippen LogP contribution in [-0.4, -0.2) is 36.3 Å². The van der Waals surface area contributed by atoms with E-state index in [2.05, 4.69) is 10.1 Å². The van der Waals surface area contributed by atoms with Crippen LogP contribution in [0.4, 0.5) is 5.69 Å². The third-order valence-electron chi connectivity index (χ3n) is 3.83. The number of carbonyl (C=O) groups excluding carboxylic acids is 3. The number of rotatable bonds is 7. The molecule has 0 radical (unpaired) electrons. The van der Waals surface area contributed by atoms with Crippen molar-refractivity contribution in [2.75, 3.05) is 19.0 Å². The molecule has 0 aliphatic heterocycles. The molecule has 0 saturated carbocycles. The quantitative estimate of drug-likeness (QED) is 0.613. The van der Waals surface area contributed by atoms with Gasteiger partial charge >= 0.3 is 5.97 Å². The maximum Gasteiger partial charge on any atom is 0.337 e. The fraction of sp³-hybridized carbons (Fsp3) is 0.250. The molecule has 2 rings (SSSR count). The van der Waals surface area contributed by atoms with Crippen LogP contribution in [0.5, 0.6) is 0 Å². The highest BCUT2D eigenvalue weighted by molar-refractivity contribution is 6.04. The Kier molecular flexibility index (Phi) is 6.91. The van der Waals surface area contributed by atoms with E-state index in [0.29, 0.717) is 24.3 Å². The zero-order chi connectivity index (χ0) is 18.9. The van der Waals surface area contributed by atoms with E-state index in [1.807, 2.05) is 37.3 Å². The molecule has 0 atom stereocenters. The van der Waals surface area contributed by atoms with Gasteiger partial charge < -0.3 is 15.0 Å². The van der Waals surface area contributed by atoms with Gasteiger partial charge in [-0.1, -0.05) is 36.4 Å². The van der Waals surface area contributed by atoms with Crippen molar-refractivity contribution in [1.82, 2.24) is 4.90 Å². The Balaban J connectivity index is 1.95. The molecule has 0 heterocycles. The van der Waals surface area contributed by atoms with Gasteiger partial charge in [-0.15, -0.1) is 0 Å². The molecule has 0 spiro atoms. The number of anilines is 1. The first-order chi connectivity index (χ1) is 12.5. The smallest absolute Gasteiger partial charge is 0.337 e. The Morgan fingerprint density at radius 1 is 1.04 bits per heavy atom. The second-order valence-electron chi connectivity index (χ2n) is 5.69. The molecule has 136 valence electrons. The summed E-state index contributed by atoms with van der Waals surface area (Å²) in [4.78, 5) is 37.7. The average molecular weight is 354 g/mol. The fourth-order valence-corrected chi connectivity index (χ4v) is 2.48. The minimum absolute atomic E-state index is 0.252. The molecule has 0 aromatic heterocycles. The van der Waals surface area contributed by atoms with Crippen molar-refractivity contribution in [3.63, 3.8) is 0 Å². The standard InChI is InChI=1S/C20H22N2O4/c1-3-22(14-15-8-5-4-6-9-15)19(24)13-18(23)21-17-11-7-10-16(12-17)20(25)26-2/h4-12H,3,13-14H2,1-2H3,(H,21,23). The van der Waals surface area contributed by atoms with Crippen LogP contribution < -0.4 is 5.32 Å². The number of carbonyl (C=O) groups is 3. The third kappa shape index (κ3) is 5.44. The Morgan fingerprint density at radius 2 is 1.77 bits per heavy atom. The Morgan fingerprint density at radius 3 is 2.42 bits per heavy atom. The van der Waals surface area contributed by atoms with Crippen molar-refractivity contribution in [3.8, 4) is 0 Å². The van der Waals surface area contributed by atoms with Gasteiger partial charge in [-0.2, -0.15) is 0 Å². The van der Waals surface area contributed by atoms with Crippen molar-refractivity contribution >= 4 is 23.5 Å². The predicted octanol–water partition coefficient (Wildman–Crippen LogP) is 2.85. The monoisotopic (exact) mass is 354 g/mol. The number of ether oxygens (including phenoxy) is 1. The fourth-order valence-electron chi connectivity index (χ4n) is 2.48. The number of hydrogen-bond donors (Lipinski definition) is 1. The van der Waals surface area contributed by atoms with E-state index in [-0.39, 0.29) is 12.3 Å². The predicted molar refractivity (Wildman–Crippen MR) is 98.6 cm³/mol. The number of hydrogen-bond acceptors (Lipinski definition) is 4. The van der Waals surface area contributed by atoms with Crippen molar-refractivity contribution < 1.29 is 19.1 Å². The van der Waals surface area contributed by atoms with Crippen molar-refractivity contribution in [2.45, 2.75) is 19.9 Å². The van der Waals surface area contributed by atoms with Crippen LogP contribution in [0.2, 0.25) is 0 Å². The van der Waals surface area contributed by atoms with E-state index in [1.165, 1.54) is 13.2 Å². The van der Waals surface area contributed by atoms with E-state index >= 15 is 0 Å². The second kappa shape index (κ2) is 9.36.